The Kier molecular flexibility index (Phi) is 9.56. The molecule has 0 aliphatic carbocycles. The maximum Gasteiger partial charge on any atom is 0.164 e. The number of aliphatic hydroxyl groups is 1. The zero-order chi connectivity index (χ0) is 23.4. The minimum atomic E-state index is -0.417. The first-order chi connectivity index (χ1) is 14.3. The number of hydrogen-bond acceptors (Lipinski definition) is 3. The van der Waals surface area contributed by atoms with Gasteiger partial charge in [-0.1, -0.05) is 72.7 Å². The van der Waals surface area contributed by atoms with Crippen molar-refractivity contribution in [1.29, 1.82) is 0 Å². The summed E-state index contributed by atoms with van der Waals surface area (Å²) in [6, 6.07) is 19.8. The van der Waals surface area contributed by atoms with Gasteiger partial charge in [0, 0.05) is 42.4 Å². The largest absolute Gasteiger partial charge is 0.512 e. The predicted molar refractivity (Wildman–Crippen MR) is 130 cm³/mol. The number of aromatic nitrogens is 1. The molecule has 0 aliphatic rings. The van der Waals surface area contributed by atoms with Crippen LogP contribution in [-0.2, 0) is 24.9 Å². The van der Waals surface area contributed by atoms with Crippen molar-refractivity contribution in [3.05, 3.63) is 77.6 Å². The van der Waals surface area contributed by atoms with E-state index in [1.807, 2.05) is 53.7 Å². The molecular weight excluding hydrogens is 575 g/mol. The Hall–Kier alpha value is -2.29. The summed E-state index contributed by atoms with van der Waals surface area (Å²) in [7, 11) is 0. The van der Waals surface area contributed by atoms with E-state index >= 15 is 0 Å². The van der Waals surface area contributed by atoms with Gasteiger partial charge in [-0.15, -0.1) is 35.4 Å². The Morgan fingerprint density at radius 2 is 1.59 bits per heavy atom. The number of pyridine rings is 1. The first-order valence-corrected chi connectivity index (χ1v) is 10.6. The third kappa shape index (κ3) is 7.69. The monoisotopic (exact) mass is 609 g/mol. The van der Waals surface area contributed by atoms with Crippen LogP contribution in [-0.4, -0.2) is 15.9 Å². The summed E-state index contributed by atoms with van der Waals surface area (Å²) < 4.78 is 0. The number of aliphatic hydroxyl groups excluding tert-OH is 1. The topological polar surface area (TPSA) is 50.2 Å². The first kappa shape index (κ1) is 27.7. The van der Waals surface area contributed by atoms with Gasteiger partial charge >= 0.3 is 0 Å². The summed E-state index contributed by atoms with van der Waals surface area (Å²) in [6.45, 7) is 15.3. The molecule has 0 saturated carbocycles. The summed E-state index contributed by atoms with van der Waals surface area (Å²) in [5.41, 5.74) is 4.79. The number of ketones is 1. The van der Waals surface area contributed by atoms with E-state index in [0.717, 1.165) is 16.8 Å². The Morgan fingerprint density at radius 3 is 2.12 bits per heavy atom. The fourth-order valence-electron chi connectivity index (χ4n) is 2.71. The van der Waals surface area contributed by atoms with Crippen LogP contribution in [0.25, 0.3) is 22.2 Å². The SMILES string of the molecule is CC(C)(C)C(=O)/C=C(\O)C(C)(C)C.Cc1c[c-]c(-c2cc(C)c3ccccc3n2)cc1.[Ir]. The molecule has 3 rings (SSSR count). The molecule has 0 spiro atoms. The standard InChI is InChI=1S/C17H14N.C11H20O2.Ir/c1-12-7-9-14(10-8-12)17-11-13(2)15-5-3-4-6-16(15)18-17;1-10(2,3)8(12)7-9(13)11(4,5)6;/h3-9,11H,1-2H3;7,12H,1-6H3;/q-1;;/b;8-7-;. The van der Waals surface area contributed by atoms with Crippen LogP contribution >= 0.6 is 0 Å². The number of benzene rings is 2. The van der Waals surface area contributed by atoms with Gasteiger partial charge in [0.1, 0.15) is 5.76 Å². The average Bonchev–Trinajstić information content (AvgIpc) is 2.67. The van der Waals surface area contributed by atoms with Crippen molar-refractivity contribution in [2.75, 3.05) is 0 Å². The van der Waals surface area contributed by atoms with E-state index in [4.69, 9.17) is 4.98 Å². The van der Waals surface area contributed by atoms with Crippen LogP contribution in [0, 0.1) is 30.7 Å². The number of aryl methyl sites for hydroxylation is 2. The van der Waals surface area contributed by atoms with Crippen molar-refractivity contribution in [2.24, 2.45) is 10.8 Å². The average molecular weight is 609 g/mol. The number of nitrogens with zero attached hydrogens (tertiary/aromatic N) is 1. The maximum absolute atomic E-state index is 11.5. The van der Waals surface area contributed by atoms with Gasteiger partial charge in [-0.25, -0.2) is 0 Å². The number of carbonyl (C=O) groups excluding carboxylic acids is 1. The van der Waals surface area contributed by atoms with Gasteiger partial charge in [-0.05, 0) is 24.2 Å². The molecule has 173 valence electrons. The first-order valence-electron chi connectivity index (χ1n) is 10.6. The summed E-state index contributed by atoms with van der Waals surface area (Å²) in [4.78, 5) is 16.2. The molecule has 4 heteroatoms. The minimum absolute atomic E-state index is 0. The molecule has 2 aromatic carbocycles. The molecule has 0 aliphatic heterocycles. The fourth-order valence-corrected chi connectivity index (χ4v) is 2.71. The molecule has 1 radical (unpaired) electrons. The van der Waals surface area contributed by atoms with Crippen LogP contribution in [0.5, 0.6) is 0 Å². The second-order valence-electron chi connectivity index (χ2n) is 10.0. The molecule has 0 saturated heterocycles. The maximum atomic E-state index is 11.5. The normalized spacial score (nSPS) is 11.9. The second-order valence-corrected chi connectivity index (χ2v) is 10.0. The van der Waals surface area contributed by atoms with Gasteiger partial charge in [-0.3, -0.25) is 9.78 Å². The van der Waals surface area contributed by atoms with E-state index < -0.39 is 5.41 Å². The zero-order valence-electron chi connectivity index (χ0n) is 20.3. The minimum Gasteiger partial charge on any atom is -0.512 e. The number of para-hydroxylation sites is 1. The molecule has 32 heavy (non-hydrogen) atoms. The molecule has 0 fully saturated rings. The van der Waals surface area contributed by atoms with Gasteiger partial charge in [0.2, 0.25) is 0 Å². The molecule has 1 N–H and O–H groups in total. The Morgan fingerprint density at radius 1 is 0.969 bits per heavy atom. The van der Waals surface area contributed by atoms with Crippen molar-refractivity contribution >= 4 is 16.7 Å². The number of rotatable bonds is 2. The van der Waals surface area contributed by atoms with Gasteiger partial charge in [-0.2, -0.15) is 0 Å². The van der Waals surface area contributed by atoms with Crippen molar-refractivity contribution in [3.8, 4) is 11.3 Å². The molecule has 0 bridgehead atoms. The van der Waals surface area contributed by atoms with Crippen LogP contribution in [0.4, 0.5) is 0 Å². The van der Waals surface area contributed by atoms with Gasteiger partial charge < -0.3 is 5.11 Å². The van der Waals surface area contributed by atoms with Crippen LogP contribution in [0.1, 0.15) is 52.7 Å². The van der Waals surface area contributed by atoms with E-state index in [2.05, 4.69) is 56.3 Å². The smallest absolute Gasteiger partial charge is 0.164 e. The molecular formula is C28H34IrNO2-. The van der Waals surface area contributed by atoms with E-state index in [0.29, 0.717) is 0 Å². The quantitative estimate of drug-likeness (QED) is 0.187. The molecule has 1 heterocycles. The number of hydrogen-bond donors (Lipinski definition) is 1. The van der Waals surface area contributed by atoms with E-state index in [-0.39, 0.29) is 37.1 Å². The molecule has 0 atom stereocenters. The third-order valence-electron chi connectivity index (χ3n) is 4.94. The van der Waals surface area contributed by atoms with Crippen molar-refractivity contribution in [1.82, 2.24) is 4.98 Å². The molecule has 0 unspecified atom stereocenters. The summed E-state index contributed by atoms with van der Waals surface area (Å²) >= 11 is 0. The van der Waals surface area contributed by atoms with Crippen LogP contribution in [0.2, 0.25) is 0 Å². The molecule has 3 aromatic rings. The summed E-state index contributed by atoms with van der Waals surface area (Å²) in [6.07, 6.45) is 1.33. The zero-order valence-corrected chi connectivity index (χ0v) is 22.7. The molecule has 3 nitrogen and oxygen atoms in total. The van der Waals surface area contributed by atoms with Crippen LogP contribution < -0.4 is 0 Å². The molecule has 0 amide bonds. The van der Waals surface area contributed by atoms with E-state index in [9.17, 15) is 9.90 Å². The van der Waals surface area contributed by atoms with E-state index in [1.54, 1.807) is 0 Å². The fraction of sp³-hybridized carbons (Fsp3) is 0.357. The summed E-state index contributed by atoms with van der Waals surface area (Å²) in [5, 5.41) is 10.8. The summed E-state index contributed by atoms with van der Waals surface area (Å²) in [5.74, 6) is 0.104. The number of allylic oxidation sites excluding steroid dienone is 2. The van der Waals surface area contributed by atoms with Crippen LogP contribution in [0.15, 0.2) is 60.4 Å². The van der Waals surface area contributed by atoms with Crippen LogP contribution in [0.3, 0.4) is 0 Å². The van der Waals surface area contributed by atoms with Gasteiger partial charge in [0.05, 0.1) is 5.52 Å². The number of fused-ring (bicyclic) bond motifs is 1. The second kappa shape index (κ2) is 11.0. The predicted octanol–water partition coefficient (Wildman–Crippen LogP) is 7.41. The van der Waals surface area contributed by atoms with Crippen molar-refractivity contribution in [2.45, 2.75) is 55.4 Å². The third-order valence-corrected chi connectivity index (χ3v) is 4.94. The van der Waals surface area contributed by atoms with Crippen molar-refractivity contribution < 1.29 is 30.0 Å². The van der Waals surface area contributed by atoms with Crippen molar-refractivity contribution in [3.63, 3.8) is 0 Å². The van der Waals surface area contributed by atoms with Gasteiger partial charge in [0.25, 0.3) is 0 Å². The Balaban J connectivity index is 0.000000330. The Labute approximate surface area is 206 Å². The molecule has 1 aromatic heterocycles. The van der Waals surface area contributed by atoms with Gasteiger partial charge in [0.15, 0.2) is 5.78 Å². The number of carbonyl (C=O) groups is 1. The van der Waals surface area contributed by atoms with E-state index in [1.165, 1.54) is 22.6 Å². The Bertz CT molecular complexity index is 1090.